The van der Waals surface area contributed by atoms with Crippen molar-refractivity contribution < 1.29 is 5.11 Å². The molecular formula is C34H27N5O. The fraction of sp³-hybridized carbons (Fsp3) is 0.176. The van der Waals surface area contributed by atoms with Crippen LogP contribution in [-0.4, -0.2) is 25.7 Å². The first-order valence-corrected chi connectivity index (χ1v) is 13.3. The standard InChI is InChI=1S/C34H27N5O/c1-34(2,40)17-23-11-13-27-29(16-23)28-15-21(8-9-22-5-4-14-37-20-22)10-12-26(28)31-32(27)39-33(38-31)30-24(18-35)6-3-7-25(30)19-36/h3-7,10-16,20,40H,8-9,17H2,1-2H3,(H,38,39). The molecule has 0 aliphatic heterocycles. The minimum absolute atomic E-state index is 0.400. The van der Waals surface area contributed by atoms with E-state index in [1.165, 1.54) is 11.1 Å². The largest absolute Gasteiger partial charge is 0.390 e. The first kappa shape index (κ1) is 25.2. The number of pyridine rings is 1. The maximum Gasteiger partial charge on any atom is 0.141 e. The highest BCUT2D eigenvalue weighted by atomic mass is 16.3. The Morgan fingerprint density at radius 1 is 0.800 bits per heavy atom. The predicted octanol–water partition coefficient (Wildman–Crippen LogP) is 6.77. The van der Waals surface area contributed by atoms with Crippen LogP contribution in [0, 0.1) is 22.7 Å². The molecule has 0 aliphatic carbocycles. The van der Waals surface area contributed by atoms with E-state index in [-0.39, 0.29) is 0 Å². The van der Waals surface area contributed by atoms with E-state index in [1.807, 2.05) is 32.2 Å². The van der Waals surface area contributed by atoms with Gasteiger partial charge in [-0.15, -0.1) is 0 Å². The minimum Gasteiger partial charge on any atom is -0.390 e. The number of nitrogens with one attached hydrogen (secondary N) is 1. The maximum atomic E-state index is 10.5. The Hall–Kier alpha value is -5.04. The van der Waals surface area contributed by atoms with Gasteiger partial charge in [-0.1, -0.05) is 48.5 Å². The van der Waals surface area contributed by atoms with Crippen molar-refractivity contribution in [2.75, 3.05) is 0 Å². The zero-order chi connectivity index (χ0) is 27.9. The van der Waals surface area contributed by atoms with E-state index in [2.05, 4.69) is 58.5 Å². The third-order valence-electron chi connectivity index (χ3n) is 7.29. The Morgan fingerprint density at radius 3 is 2.17 bits per heavy atom. The molecule has 6 aromatic rings. The van der Waals surface area contributed by atoms with E-state index in [9.17, 15) is 15.6 Å². The zero-order valence-corrected chi connectivity index (χ0v) is 22.4. The molecule has 2 aromatic heterocycles. The van der Waals surface area contributed by atoms with Gasteiger partial charge in [-0.25, -0.2) is 4.98 Å². The van der Waals surface area contributed by atoms with E-state index in [0.29, 0.717) is 28.9 Å². The molecule has 0 spiro atoms. The van der Waals surface area contributed by atoms with Gasteiger partial charge in [-0.05, 0) is 72.4 Å². The molecule has 0 saturated heterocycles. The number of imidazole rings is 1. The summed E-state index contributed by atoms with van der Waals surface area (Å²) < 4.78 is 0. The molecule has 0 bridgehead atoms. The van der Waals surface area contributed by atoms with E-state index in [4.69, 9.17) is 4.98 Å². The van der Waals surface area contributed by atoms with Gasteiger partial charge in [0.25, 0.3) is 0 Å². The fourth-order valence-corrected chi connectivity index (χ4v) is 5.53. The summed E-state index contributed by atoms with van der Waals surface area (Å²) in [5, 5.41) is 34.2. The molecule has 2 N–H and O–H groups in total. The lowest BCUT2D eigenvalue weighted by molar-refractivity contribution is 0.0810. The van der Waals surface area contributed by atoms with Crippen molar-refractivity contribution in [2.45, 2.75) is 38.7 Å². The van der Waals surface area contributed by atoms with Crippen molar-refractivity contribution in [1.29, 1.82) is 10.5 Å². The Morgan fingerprint density at radius 2 is 1.48 bits per heavy atom. The summed E-state index contributed by atoms with van der Waals surface area (Å²) in [6.07, 6.45) is 5.98. The van der Waals surface area contributed by atoms with Crippen LogP contribution in [0.15, 0.2) is 79.1 Å². The molecule has 0 amide bonds. The number of aromatic amines is 1. The average molecular weight is 522 g/mol. The molecule has 6 heteroatoms. The highest BCUT2D eigenvalue weighted by Crippen LogP contribution is 2.38. The van der Waals surface area contributed by atoms with Gasteiger partial charge >= 0.3 is 0 Å². The van der Waals surface area contributed by atoms with Crippen LogP contribution in [0.2, 0.25) is 0 Å². The van der Waals surface area contributed by atoms with E-state index in [1.54, 1.807) is 24.4 Å². The van der Waals surface area contributed by atoms with Crippen LogP contribution in [0.4, 0.5) is 0 Å². The number of hydrogen-bond acceptors (Lipinski definition) is 5. The van der Waals surface area contributed by atoms with Crippen LogP contribution in [0.5, 0.6) is 0 Å². The van der Waals surface area contributed by atoms with E-state index >= 15 is 0 Å². The van der Waals surface area contributed by atoms with Gasteiger partial charge in [0.1, 0.15) is 5.82 Å². The van der Waals surface area contributed by atoms with Gasteiger partial charge in [0, 0.05) is 29.6 Å². The summed E-state index contributed by atoms with van der Waals surface area (Å²) in [6.45, 7) is 3.63. The monoisotopic (exact) mass is 521 g/mol. The molecule has 0 aliphatic rings. The van der Waals surface area contributed by atoms with E-state index in [0.717, 1.165) is 51.0 Å². The van der Waals surface area contributed by atoms with Crippen molar-refractivity contribution in [3.05, 3.63) is 107 Å². The van der Waals surface area contributed by atoms with Crippen molar-refractivity contribution in [2.24, 2.45) is 0 Å². The quantitative estimate of drug-likeness (QED) is 0.235. The zero-order valence-electron chi connectivity index (χ0n) is 22.4. The smallest absolute Gasteiger partial charge is 0.141 e. The second kappa shape index (κ2) is 9.93. The number of aromatic nitrogens is 3. The topological polar surface area (TPSA) is 109 Å². The molecule has 6 nitrogen and oxygen atoms in total. The van der Waals surface area contributed by atoms with Gasteiger partial charge in [0.15, 0.2) is 0 Å². The van der Waals surface area contributed by atoms with Gasteiger partial charge in [-0.3, -0.25) is 4.98 Å². The number of nitriles is 2. The van der Waals surface area contributed by atoms with Gasteiger partial charge < -0.3 is 10.1 Å². The van der Waals surface area contributed by atoms with E-state index < -0.39 is 5.60 Å². The van der Waals surface area contributed by atoms with Crippen molar-refractivity contribution >= 4 is 32.6 Å². The average Bonchev–Trinajstić information content (AvgIpc) is 3.40. The van der Waals surface area contributed by atoms with Gasteiger partial charge in [-0.2, -0.15) is 10.5 Å². The summed E-state index contributed by atoms with van der Waals surface area (Å²) in [4.78, 5) is 12.7. The van der Waals surface area contributed by atoms with Gasteiger partial charge in [0.2, 0.25) is 0 Å². The van der Waals surface area contributed by atoms with Crippen LogP contribution in [0.1, 0.15) is 41.7 Å². The van der Waals surface area contributed by atoms with Crippen LogP contribution >= 0.6 is 0 Å². The first-order valence-electron chi connectivity index (χ1n) is 13.3. The Kier molecular flexibility index (Phi) is 6.27. The van der Waals surface area contributed by atoms with Crippen LogP contribution in [-0.2, 0) is 19.3 Å². The number of fused-ring (bicyclic) bond motifs is 6. The lowest BCUT2D eigenvalue weighted by atomic mass is 9.92. The molecule has 2 heterocycles. The highest BCUT2D eigenvalue weighted by Gasteiger charge is 2.20. The summed E-state index contributed by atoms with van der Waals surface area (Å²) in [7, 11) is 0. The first-order chi connectivity index (χ1) is 19.3. The predicted molar refractivity (Wildman–Crippen MR) is 158 cm³/mol. The summed E-state index contributed by atoms with van der Waals surface area (Å²) >= 11 is 0. The molecule has 0 fully saturated rings. The Balaban J connectivity index is 1.59. The number of aliphatic hydroxyl groups is 1. The van der Waals surface area contributed by atoms with Crippen LogP contribution < -0.4 is 0 Å². The lowest BCUT2D eigenvalue weighted by Gasteiger charge is -2.18. The van der Waals surface area contributed by atoms with Crippen molar-refractivity contribution in [1.82, 2.24) is 15.0 Å². The number of rotatable bonds is 6. The third kappa shape index (κ3) is 4.66. The molecule has 0 unspecified atom stereocenters. The van der Waals surface area contributed by atoms with Crippen molar-refractivity contribution in [3.8, 4) is 23.5 Å². The second-order valence-corrected chi connectivity index (χ2v) is 10.9. The Labute approximate surface area is 232 Å². The Bertz CT molecular complexity index is 1950. The van der Waals surface area contributed by atoms with Crippen LogP contribution in [0.3, 0.4) is 0 Å². The normalized spacial score (nSPS) is 11.6. The SMILES string of the molecule is CC(C)(O)Cc1ccc2c(c1)c1cc(CCc3cccnc3)ccc1c1nc(-c3c(C#N)cccc3C#N)[nH]c21. The van der Waals surface area contributed by atoms with Crippen molar-refractivity contribution in [3.63, 3.8) is 0 Å². The molecule has 0 radical (unpaired) electrons. The third-order valence-corrected chi connectivity index (χ3v) is 7.29. The minimum atomic E-state index is -0.835. The lowest BCUT2D eigenvalue weighted by Crippen LogP contribution is -2.21. The molecule has 40 heavy (non-hydrogen) atoms. The molecular weight excluding hydrogens is 494 g/mol. The maximum absolute atomic E-state index is 10.5. The second-order valence-electron chi connectivity index (χ2n) is 10.9. The number of benzene rings is 4. The van der Waals surface area contributed by atoms with Crippen LogP contribution in [0.25, 0.3) is 44.0 Å². The highest BCUT2D eigenvalue weighted by molar-refractivity contribution is 6.23. The summed E-state index contributed by atoms with van der Waals surface area (Å²) in [6, 6.07) is 26.4. The molecule has 194 valence electrons. The molecule has 4 aromatic carbocycles. The number of nitrogens with zero attached hydrogens (tertiary/aromatic N) is 4. The molecule has 6 rings (SSSR count). The van der Waals surface area contributed by atoms with Gasteiger partial charge in [0.05, 0.1) is 45.5 Å². The number of hydrogen-bond donors (Lipinski definition) is 2. The summed E-state index contributed by atoms with van der Waals surface area (Å²) in [5.74, 6) is 0.499. The molecule has 0 atom stereocenters. The molecule has 0 saturated carbocycles. The number of aryl methyl sites for hydroxylation is 2. The summed E-state index contributed by atoms with van der Waals surface area (Å²) in [5.41, 5.74) is 5.57. The number of H-pyrrole nitrogens is 1. The fourth-order valence-electron chi connectivity index (χ4n) is 5.53.